The highest BCUT2D eigenvalue weighted by atomic mass is 16.4. The monoisotopic (exact) mass is 163 g/mol. The Morgan fingerprint density at radius 1 is 1.36 bits per heavy atom. The number of aliphatic carboxylic acids is 1. The molecule has 0 aliphatic rings. The van der Waals surface area contributed by atoms with Crippen LogP contribution in [0.1, 0.15) is 13.8 Å². The maximum atomic E-state index is 10.2. The van der Waals surface area contributed by atoms with Crippen molar-refractivity contribution in [2.45, 2.75) is 26.3 Å². The summed E-state index contributed by atoms with van der Waals surface area (Å²) < 4.78 is 0. The Bertz CT molecular complexity index is 127. The molecule has 0 spiro atoms. The van der Waals surface area contributed by atoms with Gasteiger partial charge in [0.05, 0.1) is 0 Å². The van der Waals surface area contributed by atoms with Gasteiger partial charge in [0.15, 0.2) is 0 Å². The standard InChI is InChI=1S/C6H13NO4/c1-4(8)7(5(2)9)3-6(10)11/h4-5,8-9H,3H2,1-2H3,(H,10,11). The van der Waals surface area contributed by atoms with Gasteiger partial charge in [0, 0.05) is 0 Å². The molecule has 0 saturated carbocycles. The number of aliphatic hydroxyl groups excluding tert-OH is 2. The van der Waals surface area contributed by atoms with Crippen molar-refractivity contribution in [1.29, 1.82) is 0 Å². The minimum absolute atomic E-state index is 0.366. The first-order chi connectivity index (χ1) is 4.95. The third-order valence-electron chi connectivity index (χ3n) is 1.28. The molecule has 0 aromatic carbocycles. The lowest BCUT2D eigenvalue weighted by molar-refractivity contribution is -0.148. The van der Waals surface area contributed by atoms with Crippen LogP contribution < -0.4 is 0 Å². The maximum Gasteiger partial charge on any atom is 0.317 e. The van der Waals surface area contributed by atoms with Crippen LogP contribution in [0.4, 0.5) is 0 Å². The van der Waals surface area contributed by atoms with E-state index < -0.39 is 18.4 Å². The fourth-order valence-corrected chi connectivity index (χ4v) is 0.733. The minimum atomic E-state index is -1.08. The van der Waals surface area contributed by atoms with Gasteiger partial charge in [-0.3, -0.25) is 4.79 Å². The molecule has 0 bridgehead atoms. The van der Waals surface area contributed by atoms with Crippen LogP contribution in [-0.4, -0.2) is 45.2 Å². The van der Waals surface area contributed by atoms with Gasteiger partial charge in [0.25, 0.3) is 0 Å². The maximum absolute atomic E-state index is 10.2. The Morgan fingerprint density at radius 2 is 1.73 bits per heavy atom. The van der Waals surface area contributed by atoms with Crippen LogP contribution in [0.25, 0.3) is 0 Å². The number of carboxylic acids is 1. The third-order valence-corrected chi connectivity index (χ3v) is 1.28. The van der Waals surface area contributed by atoms with Crippen molar-refractivity contribution in [1.82, 2.24) is 4.90 Å². The molecule has 0 heterocycles. The van der Waals surface area contributed by atoms with E-state index in [2.05, 4.69) is 0 Å². The summed E-state index contributed by atoms with van der Waals surface area (Å²) in [6.07, 6.45) is -1.91. The second kappa shape index (κ2) is 4.27. The van der Waals surface area contributed by atoms with Crippen LogP contribution in [0.3, 0.4) is 0 Å². The van der Waals surface area contributed by atoms with E-state index in [4.69, 9.17) is 15.3 Å². The largest absolute Gasteiger partial charge is 0.480 e. The Hall–Kier alpha value is -0.650. The lowest BCUT2D eigenvalue weighted by atomic mass is 10.4. The molecular formula is C6H13NO4. The predicted octanol–water partition coefficient (Wildman–Crippen LogP) is -0.950. The highest BCUT2D eigenvalue weighted by Gasteiger charge is 2.18. The fraction of sp³-hybridized carbons (Fsp3) is 0.833. The molecule has 11 heavy (non-hydrogen) atoms. The Labute approximate surface area is 64.9 Å². The SMILES string of the molecule is CC(O)N(CC(=O)O)C(C)O. The Kier molecular flexibility index (Phi) is 4.02. The first kappa shape index (κ1) is 10.3. The highest BCUT2D eigenvalue weighted by Crippen LogP contribution is 1.99. The van der Waals surface area contributed by atoms with Crippen LogP contribution >= 0.6 is 0 Å². The highest BCUT2D eigenvalue weighted by molar-refractivity contribution is 5.69. The Balaban J connectivity index is 4.00. The third kappa shape index (κ3) is 3.92. The molecule has 0 aliphatic carbocycles. The van der Waals surface area contributed by atoms with Crippen molar-refractivity contribution in [2.24, 2.45) is 0 Å². The lowest BCUT2D eigenvalue weighted by Gasteiger charge is -2.25. The molecule has 5 heteroatoms. The number of hydrogen-bond acceptors (Lipinski definition) is 4. The van der Waals surface area contributed by atoms with E-state index in [1.54, 1.807) is 0 Å². The van der Waals surface area contributed by atoms with E-state index in [0.717, 1.165) is 4.90 Å². The average molecular weight is 163 g/mol. The number of aliphatic hydroxyl groups is 2. The summed E-state index contributed by atoms with van der Waals surface area (Å²) in [6, 6.07) is 0. The van der Waals surface area contributed by atoms with E-state index in [0.29, 0.717) is 0 Å². The van der Waals surface area contributed by atoms with Crippen molar-refractivity contribution in [3.8, 4) is 0 Å². The van der Waals surface area contributed by atoms with E-state index >= 15 is 0 Å². The zero-order chi connectivity index (χ0) is 9.02. The van der Waals surface area contributed by atoms with Crippen LogP contribution in [-0.2, 0) is 4.79 Å². The van der Waals surface area contributed by atoms with Gasteiger partial charge >= 0.3 is 5.97 Å². The number of carboxylic acid groups (broad SMARTS) is 1. The quantitative estimate of drug-likeness (QED) is 0.465. The molecular weight excluding hydrogens is 150 g/mol. The van der Waals surface area contributed by atoms with Crippen LogP contribution in [0.5, 0.6) is 0 Å². The molecule has 0 saturated heterocycles. The van der Waals surface area contributed by atoms with Crippen LogP contribution in [0.2, 0.25) is 0 Å². The van der Waals surface area contributed by atoms with Gasteiger partial charge in [-0.05, 0) is 13.8 Å². The van der Waals surface area contributed by atoms with E-state index in [1.165, 1.54) is 13.8 Å². The van der Waals surface area contributed by atoms with Gasteiger partial charge in [-0.15, -0.1) is 0 Å². The number of rotatable bonds is 4. The number of hydrogen-bond donors (Lipinski definition) is 3. The Morgan fingerprint density at radius 3 is 1.82 bits per heavy atom. The summed E-state index contributed by atoms with van der Waals surface area (Å²) >= 11 is 0. The zero-order valence-electron chi connectivity index (χ0n) is 6.56. The van der Waals surface area contributed by atoms with E-state index in [-0.39, 0.29) is 6.54 Å². The first-order valence-electron chi connectivity index (χ1n) is 3.29. The van der Waals surface area contributed by atoms with Gasteiger partial charge in [0.2, 0.25) is 0 Å². The van der Waals surface area contributed by atoms with Crippen molar-refractivity contribution in [3.63, 3.8) is 0 Å². The second-order valence-electron chi connectivity index (χ2n) is 2.33. The van der Waals surface area contributed by atoms with Crippen molar-refractivity contribution in [3.05, 3.63) is 0 Å². The van der Waals surface area contributed by atoms with Crippen LogP contribution in [0, 0.1) is 0 Å². The van der Waals surface area contributed by atoms with Crippen LogP contribution in [0.15, 0.2) is 0 Å². The normalized spacial score (nSPS) is 16.5. The van der Waals surface area contributed by atoms with E-state index in [1.807, 2.05) is 0 Å². The average Bonchev–Trinajstić information content (AvgIpc) is 1.81. The molecule has 2 atom stereocenters. The smallest absolute Gasteiger partial charge is 0.317 e. The second-order valence-corrected chi connectivity index (χ2v) is 2.33. The van der Waals surface area contributed by atoms with Gasteiger partial charge in [-0.25, -0.2) is 4.90 Å². The number of carbonyl (C=O) groups is 1. The minimum Gasteiger partial charge on any atom is -0.480 e. The molecule has 0 radical (unpaired) electrons. The lowest BCUT2D eigenvalue weighted by Crippen LogP contribution is -2.43. The van der Waals surface area contributed by atoms with Crippen molar-refractivity contribution in [2.75, 3.05) is 6.54 Å². The number of nitrogens with zero attached hydrogens (tertiary/aromatic N) is 1. The molecule has 0 aliphatic heterocycles. The van der Waals surface area contributed by atoms with Gasteiger partial charge in [-0.2, -0.15) is 0 Å². The summed E-state index contributed by atoms with van der Waals surface area (Å²) in [6.45, 7) is 2.43. The summed E-state index contributed by atoms with van der Waals surface area (Å²) in [5.41, 5.74) is 0. The van der Waals surface area contributed by atoms with Gasteiger partial charge in [-0.1, -0.05) is 0 Å². The topological polar surface area (TPSA) is 81.0 Å². The molecule has 0 amide bonds. The zero-order valence-corrected chi connectivity index (χ0v) is 6.56. The van der Waals surface area contributed by atoms with Gasteiger partial charge in [0.1, 0.15) is 19.0 Å². The molecule has 66 valence electrons. The van der Waals surface area contributed by atoms with Gasteiger partial charge < -0.3 is 15.3 Å². The molecule has 2 unspecified atom stereocenters. The fourth-order valence-electron chi connectivity index (χ4n) is 0.733. The predicted molar refractivity (Wildman–Crippen MR) is 37.7 cm³/mol. The molecule has 0 aromatic heterocycles. The molecule has 0 aromatic rings. The van der Waals surface area contributed by atoms with Crippen molar-refractivity contribution < 1.29 is 20.1 Å². The first-order valence-corrected chi connectivity index (χ1v) is 3.29. The summed E-state index contributed by atoms with van der Waals surface area (Å²) in [7, 11) is 0. The summed E-state index contributed by atoms with van der Waals surface area (Å²) in [5, 5.41) is 26.2. The molecule has 0 fully saturated rings. The molecule has 5 nitrogen and oxygen atoms in total. The summed E-state index contributed by atoms with van der Waals surface area (Å²) in [5.74, 6) is -1.08. The van der Waals surface area contributed by atoms with E-state index in [9.17, 15) is 4.79 Å². The molecule has 0 rings (SSSR count). The summed E-state index contributed by atoms with van der Waals surface area (Å²) in [4.78, 5) is 11.2. The van der Waals surface area contributed by atoms with Crippen molar-refractivity contribution >= 4 is 5.97 Å². The molecule has 3 N–H and O–H groups in total.